The minimum Gasteiger partial charge on any atom is -0.480 e. The van der Waals surface area contributed by atoms with Gasteiger partial charge in [-0.3, -0.25) is 4.57 Å². The second-order valence-electron chi connectivity index (χ2n) is 7.33. The molecule has 1 unspecified atom stereocenters. The van der Waals surface area contributed by atoms with Crippen LogP contribution in [0, 0.1) is 13.8 Å². The Morgan fingerprint density at radius 1 is 1.24 bits per heavy atom. The van der Waals surface area contributed by atoms with E-state index in [1.54, 1.807) is 32.9 Å². The number of hydrogen-bond donors (Lipinski definition) is 0. The van der Waals surface area contributed by atoms with E-state index in [2.05, 4.69) is 15.2 Å². The highest BCUT2D eigenvalue weighted by atomic mass is 19.4. The third-order valence-electron chi connectivity index (χ3n) is 5.03. The van der Waals surface area contributed by atoms with Crippen LogP contribution in [0.5, 0.6) is 17.4 Å². The average molecular weight is 463 g/mol. The Hall–Kier alpha value is -3.83. The molecule has 0 saturated heterocycles. The first kappa shape index (κ1) is 22.4. The number of nitrogens with zero attached hydrogens (tertiary/aromatic N) is 5. The molecular formula is C21H20F3N5O4. The number of hydrogen-bond acceptors (Lipinski definition) is 7. The van der Waals surface area contributed by atoms with Crippen molar-refractivity contribution in [2.75, 3.05) is 0 Å². The fraction of sp³-hybridized carbons (Fsp3) is 0.333. The van der Waals surface area contributed by atoms with Crippen LogP contribution in [0.15, 0.2) is 40.0 Å². The van der Waals surface area contributed by atoms with Gasteiger partial charge in [0.1, 0.15) is 17.8 Å². The lowest BCUT2D eigenvalue weighted by molar-refractivity contribution is -0.189. The van der Waals surface area contributed by atoms with Gasteiger partial charge >= 0.3 is 11.9 Å². The first-order valence-electron chi connectivity index (χ1n) is 10.0. The van der Waals surface area contributed by atoms with E-state index < -0.39 is 18.0 Å². The van der Waals surface area contributed by atoms with Gasteiger partial charge in [-0.25, -0.2) is 9.78 Å². The summed E-state index contributed by atoms with van der Waals surface area (Å²) in [6, 6.07) is 4.48. The van der Waals surface area contributed by atoms with Crippen LogP contribution in [-0.4, -0.2) is 36.8 Å². The van der Waals surface area contributed by atoms with E-state index in [9.17, 15) is 18.0 Å². The highest BCUT2D eigenvalue weighted by Crippen LogP contribution is 2.39. The van der Waals surface area contributed by atoms with E-state index in [0.29, 0.717) is 29.1 Å². The molecule has 0 amide bonds. The topological polar surface area (TPSA) is 97.2 Å². The molecule has 12 heteroatoms. The van der Waals surface area contributed by atoms with Gasteiger partial charge < -0.3 is 14.0 Å². The quantitative estimate of drug-likeness (QED) is 0.420. The van der Waals surface area contributed by atoms with E-state index in [-0.39, 0.29) is 22.7 Å². The summed E-state index contributed by atoms with van der Waals surface area (Å²) in [6.45, 7) is 6.35. The summed E-state index contributed by atoms with van der Waals surface area (Å²) in [4.78, 5) is 16.8. The molecule has 4 aromatic rings. The minimum atomic E-state index is -4.62. The Labute approximate surface area is 185 Å². The van der Waals surface area contributed by atoms with Crippen molar-refractivity contribution >= 4 is 10.8 Å². The predicted molar refractivity (Wildman–Crippen MR) is 111 cm³/mol. The summed E-state index contributed by atoms with van der Waals surface area (Å²) in [5.41, 5.74) is 0.247. The molecule has 0 fully saturated rings. The fourth-order valence-corrected chi connectivity index (χ4v) is 3.23. The molecule has 0 spiro atoms. The molecular weight excluding hydrogens is 443 g/mol. The van der Waals surface area contributed by atoms with Crippen molar-refractivity contribution in [1.82, 2.24) is 24.5 Å². The smallest absolute Gasteiger partial charge is 0.425 e. The van der Waals surface area contributed by atoms with E-state index >= 15 is 0 Å². The van der Waals surface area contributed by atoms with Gasteiger partial charge in [0.25, 0.3) is 0 Å². The van der Waals surface area contributed by atoms with Crippen LogP contribution < -0.4 is 15.2 Å². The molecule has 0 radical (unpaired) electrons. The van der Waals surface area contributed by atoms with Crippen molar-refractivity contribution in [1.29, 1.82) is 0 Å². The van der Waals surface area contributed by atoms with Crippen LogP contribution in [0.3, 0.4) is 0 Å². The normalized spacial score (nSPS) is 12.8. The lowest BCUT2D eigenvalue weighted by atomic mass is 10.1. The maximum atomic E-state index is 13.3. The first-order chi connectivity index (χ1) is 15.6. The molecule has 3 aromatic heterocycles. The molecule has 0 saturated carbocycles. The number of aryl methyl sites for hydroxylation is 3. The predicted octanol–water partition coefficient (Wildman–Crippen LogP) is 4.33. The Bertz CT molecular complexity index is 1350. The summed E-state index contributed by atoms with van der Waals surface area (Å²) >= 11 is 0. The molecule has 0 aliphatic carbocycles. The van der Waals surface area contributed by atoms with Crippen LogP contribution in [0.25, 0.3) is 16.5 Å². The minimum absolute atomic E-state index is 0.00394. The molecule has 0 aliphatic heterocycles. The summed E-state index contributed by atoms with van der Waals surface area (Å²) in [6.07, 6.45) is -3.96. The van der Waals surface area contributed by atoms with Crippen LogP contribution in [0.2, 0.25) is 0 Å². The van der Waals surface area contributed by atoms with E-state index in [1.165, 1.54) is 23.2 Å². The van der Waals surface area contributed by atoms with Gasteiger partial charge in [-0.15, -0.1) is 0 Å². The highest BCUT2D eigenvalue weighted by molar-refractivity contribution is 5.94. The van der Waals surface area contributed by atoms with Crippen LogP contribution in [-0.2, 0) is 6.54 Å². The Balaban J connectivity index is 1.92. The number of halogens is 3. The molecule has 1 aromatic carbocycles. The maximum Gasteiger partial charge on any atom is 0.425 e. The van der Waals surface area contributed by atoms with Gasteiger partial charge in [-0.1, -0.05) is 5.16 Å². The van der Waals surface area contributed by atoms with Crippen molar-refractivity contribution in [2.24, 2.45) is 0 Å². The van der Waals surface area contributed by atoms with Crippen molar-refractivity contribution in [3.63, 3.8) is 0 Å². The van der Waals surface area contributed by atoms with Gasteiger partial charge in [-0.2, -0.15) is 23.0 Å². The molecule has 3 heterocycles. The molecule has 4 rings (SSSR count). The zero-order chi connectivity index (χ0) is 23.9. The standard InChI is InChI=1S/C21H20F3N5O4/c1-5-28-10-26-29(20(28)30)15-8-14-6-7-25-19(32-18-11(2)27-33-12(18)3)17(14)16(9-15)31-13(4)21(22,23)24/h6-10,13H,5H2,1-4H3. The number of ether oxygens (including phenoxy) is 2. The van der Waals surface area contributed by atoms with Gasteiger partial charge in [0, 0.05) is 25.7 Å². The number of fused-ring (bicyclic) bond motifs is 1. The van der Waals surface area contributed by atoms with E-state index in [1.807, 2.05) is 0 Å². The molecule has 0 aliphatic rings. The number of pyridine rings is 1. The molecule has 0 bridgehead atoms. The van der Waals surface area contributed by atoms with Gasteiger partial charge in [0.05, 0.1) is 11.1 Å². The number of aromatic nitrogens is 5. The van der Waals surface area contributed by atoms with Crippen LogP contribution in [0.4, 0.5) is 13.2 Å². The van der Waals surface area contributed by atoms with E-state index in [0.717, 1.165) is 11.6 Å². The van der Waals surface area contributed by atoms with Gasteiger partial charge in [0.2, 0.25) is 5.88 Å². The molecule has 1 atom stereocenters. The molecule has 0 N–H and O–H groups in total. The van der Waals surface area contributed by atoms with E-state index in [4.69, 9.17) is 14.0 Å². The lowest BCUT2D eigenvalue weighted by Crippen LogP contribution is -2.31. The Kier molecular flexibility index (Phi) is 5.60. The van der Waals surface area contributed by atoms with Crippen molar-refractivity contribution in [3.8, 4) is 23.1 Å². The Morgan fingerprint density at radius 3 is 2.61 bits per heavy atom. The Morgan fingerprint density at radius 2 is 2.00 bits per heavy atom. The van der Waals surface area contributed by atoms with Crippen molar-refractivity contribution in [2.45, 2.75) is 46.5 Å². The highest BCUT2D eigenvalue weighted by Gasteiger charge is 2.38. The third-order valence-corrected chi connectivity index (χ3v) is 5.03. The number of benzene rings is 1. The molecule has 174 valence electrons. The molecule has 9 nitrogen and oxygen atoms in total. The first-order valence-corrected chi connectivity index (χ1v) is 10.0. The second-order valence-corrected chi connectivity index (χ2v) is 7.33. The average Bonchev–Trinajstić information content (AvgIpc) is 3.29. The fourth-order valence-electron chi connectivity index (χ4n) is 3.23. The number of rotatable bonds is 6. The summed E-state index contributed by atoms with van der Waals surface area (Å²) in [7, 11) is 0. The molecule has 33 heavy (non-hydrogen) atoms. The summed E-state index contributed by atoms with van der Waals surface area (Å²) in [5.74, 6) is 0.516. The zero-order valence-corrected chi connectivity index (χ0v) is 18.2. The monoisotopic (exact) mass is 463 g/mol. The third kappa shape index (κ3) is 4.15. The summed E-state index contributed by atoms with van der Waals surface area (Å²) in [5, 5.41) is 8.51. The van der Waals surface area contributed by atoms with Crippen molar-refractivity contribution < 1.29 is 27.2 Å². The maximum absolute atomic E-state index is 13.3. The van der Waals surface area contributed by atoms with Gasteiger partial charge in [-0.05, 0) is 38.3 Å². The SMILES string of the molecule is CCn1cnn(-c2cc(OC(C)C(F)(F)F)c3c(Oc4c(C)noc4C)nccc3c2)c1=O. The summed E-state index contributed by atoms with van der Waals surface area (Å²) < 4.78 is 58.7. The largest absolute Gasteiger partial charge is 0.480 e. The van der Waals surface area contributed by atoms with Crippen LogP contribution >= 0.6 is 0 Å². The van der Waals surface area contributed by atoms with Gasteiger partial charge in [0.15, 0.2) is 17.6 Å². The number of alkyl halides is 3. The van der Waals surface area contributed by atoms with Crippen molar-refractivity contribution in [3.05, 3.63) is 52.7 Å². The zero-order valence-electron chi connectivity index (χ0n) is 18.2. The second kappa shape index (κ2) is 8.26. The van der Waals surface area contributed by atoms with Crippen LogP contribution in [0.1, 0.15) is 25.3 Å². The lowest BCUT2D eigenvalue weighted by Gasteiger charge is -2.20.